The number of aliphatic hydroxyl groups is 1. The van der Waals surface area contributed by atoms with Gasteiger partial charge in [-0.25, -0.2) is 0 Å². The SMILES string of the molecule is CCCCCCC(O)c1ccc(CC)s1. The van der Waals surface area contributed by atoms with Gasteiger partial charge in [-0.3, -0.25) is 0 Å². The molecule has 1 aromatic heterocycles. The minimum Gasteiger partial charge on any atom is -0.388 e. The molecule has 0 aliphatic rings. The summed E-state index contributed by atoms with van der Waals surface area (Å²) in [7, 11) is 0. The largest absolute Gasteiger partial charge is 0.388 e. The van der Waals surface area contributed by atoms with Crippen molar-refractivity contribution in [2.75, 3.05) is 0 Å². The standard InChI is InChI=1S/C13H22OS/c1-3-5-6-7-8-12(14)13-10-9-11(4-2)15-13/h9-10,12,14H,3-8H2,1-2H3. The van der Waals surface area contributed by atoms with Crippen LogP contribution in [0.1, 0.15) is 61.8 Å². The molecule has 1 unspecified atom stereocenters. The fourth-order valence-corrected chi connectivity index (χ4v) is 2.64. The molecule has 1 atom stereocenters. The summed E-state index contributed by atoms with van der Waals surface area (Å²) < 4.78 is 0. The summed E-state index contributed by atoms with van der Waals surface area (Å²) in [6.45, 7) is 4.37. The van der Waals surface area contributed by atoms with Gasteiger partial charge in [0.25, 0.3) is 0 Å². The second-order valence-electron chi connectivity index (χ2n) is 4.02. The number of aryl methyl sites for hydroxylation is 1. The summed E-state index contributed by atoms with van der Waals surface area (Å²) in [6, 6.07) is 4.21. The molecule has 0 fully saturated rings. The van der Waals surface area contributed by atoms with E-state index in [1.165, 1.54) is 24.1 Å². The third-order valence-electron chi connectivity index (χ3n) is 2.69. The van der Waals surface area contributed by atoms with Crippen molar-refractivity contribution in [3.8, 4) is 0 Å². The van der Waals surface area contributed by atoms with Gasteiger partial charge in [0.1, 0.15) is 0 Å². The lowest BCUT2D eigenvalue weighted by atomic mass is 10.1. The number of hydrogen-bond acceptors (Lipinski definition) is 2. The van der Waals surface area contributed by atoms with E-state index in [0.717, 1.165) is 24.1 Å². The van der Waals surface area contributed by atoms with Crippen molar-refractivity contribution in [1.82, 2.24) is 0 Å². The number of hydrogen-bond donors (Lipinski definition) is 1. The van der Waals surface area contributed by atoms with Crippen LogP contribution in [0, 0.1) is 0 Å². The zero-order valence-electron chi connectivity index (χ0n) is 9.83. The molecule has 1 nitrogen and oxygen atoms in total. The molecule has 0 amide bonds. The van der Waals surface area contributed by atoms with E-state index in [4.69, 9.17) is 0 Å². The molecule has 2 heteroatoms. The highest BCUT2D eigenvalue weighted by atomic mass is 32.1. The molecule has 0 spiro atoms. The van der Waals surface area contributed by atoms with E-state index in [9.17, 15) is 5.11 Å². The molecule has 1 aromatic rings. The number of unbranched alkanes of at least 4 members (excludes halogenated alkanes) is 3. The first-order valence-electron chi connectivity index (χ1n) is 6.04. The van der Waals surface area contributed by atoms with E-state index >= 15 is 0 Å². The Balaban J connectivity index is 2.29. The zero-order valence-corrected chi connectivity index (χ0v) is 10.6. The highest BCUT2D eigenvalue weighted by Gasteiger charge is 2.09. The second-order valence-corrected chi connectivity index (χ2v) is 5.22. The normalized spacial score (nSPS) is 13.0. The van der Waals surface area contributed by atoms with E-state index in [0.29, 0.717) is 0 Å². The van der Waals surface area contributed by atoms with Crippen molar-refractivity contribution in [2.24, 2.45) is 0 Å². The highest BCUT2D eigenvalue weighted by Crippen LogP contribution is 2.27. The van der Waals surface area contributed by atoms with Gasteiger partial charge in [0, 0.05) is 9.75 Å². The van der Waals surface area contributed by atoms with E-state index in [1.807, 2.05) is 0 Å². The third kappa shape index (κ3) is 4.35. The Labute approximate surface area is 97.2 Å². The van der Waals surface area contributed by atoms with Crippen molar-refractivity contribution in [1.29, 1.82) is 0 Å². The van der Waals surface area contributed by atoms with Gasteiger partial charge < -0.3 is 5.11 Å². The van der Waals surface area contributed by atoms with Gasteiger partial charge in [-0.15, -0.1) is 11.3 Å². The molecular weight excluding hydrogens is 204 g/mol. The van der Waals surface area contributed by atoms with Crippen molar-refractivity contribution in [3.05, 3.63) is 21.9 Å². The molecule has 0 aliphatic heterocycles. The maximum atomic E-state index is 9.94. The summed E-state index contributed by atoms with van der Waals surface area (Å²) in [5, 5.41) is 9.94. The third-order valence-corrected chi connectivity index (χ3v) is 4.02. The molecule has 0 bridgehead atoms. The molecule has 1 rings (SSSR count). The molecule has 1 heterocycles. The highest BCUT2D eigenvalue weighted by molar-refractivity contribution is 7.12. The van der Waals surface area contributed by atoms with Crippen LogP contribution in [0.3, 0.4) is 0 Å². The zero-order chi connectivity index (χ0) is 11.1. The van der Waals surface area contributed by atoms with Crippen LogP contribution < -0.4 is 0 Å². The Morgan fingerprint density at radius 3 is 2.60 bits per heavy atom. The number of thiophene rings is 1. The molecule has 86 valence electrons. The molecular formula is C13H22OS. The molecule has 0 aliphatic carbocycles. The van der Waals surface area contributed by atoms with E-state index in [-0.39, 0.29) is 6.10 Å². The molecule has 0 saturated heterocycles. The molecule has 1 N–H and O–H groups in total. The van der Waals surface area contributed by atoms with Gasteiger partial charge in [-0.2, -0.15) is 0 Å². The predicted molar refractivity (Wildman–Crippen MR) is 67.4 cm³/mol. The molecule has 0 radical (unpaired) electrons. The average Bonchev–Trinajstić information content (AvgIpc) is 2.72. The van der Waals surface area contributed by atoms with Gasteiger partial charge in [-0.05, 0) is 25.0 Å². The van der Waals surface area contributed by atoms with Crippen LogP contribution in [-0.4, -0.2) is 5.11 Å². The lowest BCUT2D eigenvalue weighted by Gasteiger charge is -2.07. The first-order chi connectivity index (χ1) is 7.27. The minimum atomic E-state index is -0.229. The van der Waals surface area contributed by atoms with Crippen LogP contribution in [0.15, 0.2) is 12.1 Å². The fraction of sp³-hybridized carbons (Fsp3) is 0.692. The van der Waals surface area contributed by atoms with Gasteiger partial charge in [-0.1, -0.05) is 39.5 Å². The number of aliphatic hydroxyl groups excluding tert-OH is 1. The van der Waals surface area contributed by atoms with E-state index in [2.05, 4.69) is 26.0 Å². The van der Waals surface area contributed by atoms with Gasteiger partial charge in [0.15, 0.2) is 0 Å². The summed E-state index contributed by atoms with van der Waals surface area (Å²) in [5.74, 6) is 0. The summed E-state index contributed by atoms with van der Waals surface area (Å²) in [6.07, 6.45) is 6.71. The first kappa shape index (κ1) is 12.7. The Bertz CT molecular complexity index is 267. The van der Waals surface area contributed by atoms with Crippen LogP contribution in [0.5, 0.6) is 0 Å². The van der Waals surface area contributed by atoms with E-state index in [1.54, 1.807) is 11.3 Å². The van der Waals surface area contributed by atoms with Gasteiger partial charge >= 0.3 is 0 Å². The number of rotatable bonds is 7. The molecule has 0 saturated carbocycles. The average molecular weight is 226 g/mol. The molecule has 0 aromatic carbocycles. The Morgan fingerprint density at radius 2 is 2.00 bits per heavy atom. The Kier molecular flexibility index (Phi) is 5.96. The Hall–Kier alpha value is -0.340. The topological polar surface area (TPSA) is 20.2 Å². The lowest BCUT2D eigenvalue weighted by Crippen LogP contribution is -1.93. The minimum absolute atomic E-state index is 0.229. The van der Waals surface area contributed by atoms with Crippen molar-refractivity contribution in [3.63, 3.8) is 0 Å². The second kappa shape index (κ2) is 7.02. The Morgan fingerprint density at radius 1 is 1.20 bits per heavy atom. The van der Waals surface area contributed by atoms with Gasteiger partial charge in [0.05, 0.1) is 6.10 Å². The van der Waals surface area contributed by atoms with Crippen LogP contribution in [0.25, 0.3) is 0 Å². The van der Waals surface area contributed by atoms with Crippen LogP contribution in [0.2, 0.25) is 0 Å². The summed E-state index contributed by atoms with van der Waals surface area (Å²) in [4.78, 5) is 2.51. The predicted octanol–water partition coefficient (Wildman–Crippen LogP) is 4.31. The fourth-order valence-electron chi connectivity index (χ4n) is 1.67. The van der Waals surface area contributed by atoms with Crippen molar-refractivity contribution in [2.45, 2.75) is 58.5 Å². The summed E-state index contributed by atoms with van der Waals surface area (Å²) in [5.41, 5.74) is 0. The van der Waals surface area contributed by atoms with Crippen LogP contribution in [-0.2, 0) is 6.42 Å². The smallest absolute Gasteiger partial charge is 0.0882 e. The van der Waals surface area contributed by atoms with Crippen molar-refractivity contribution < 1.29 is 5.11 Å². The van der Waals surface area contributed by atoms with Gasteiger partial charge in [0.2, 0.25) is 0 Å². The lowest BCUT2D eigenvalue weighted by molar-refractivity contribution is 0.167. The maximum Gasteiger partial charge on any atom is 0.0882 e. The summed E-state index contributed by atoms with van der Waals surface area (Å²) >= 11 is 1.75. The van der Waals surface area contributed by atoms with Crippen molar-refractivity contribution >= 4 is 11.3 Å². The first-order valence-corrected chi connectivity index (χ1v) is 6.86. The van der Waals surface area contributed by atoms with Crippen LogP contribution >= 0.6 is 11.3 Å². The molecule has 15 heavy (non-hydrogen) atoms. The maximum absolute atomic E-state index is 9.94. The van der Waals surface area contributed by atoms with Crippen LogP contribution in [0.4, 0.5) is 0 Å². The monoisotopic (exact) mass is 226 g/mol. The van der Waals surface area contributed by atoms with E-state index < -0.39 is 0 Å². The quantitative estimate of drug-likeness (QED) is 0.687.